The second-order valence-corrected chi connectivity index (χ2v) is 7.78. The zero-order valence-corrected chi connectivity index (χ0v) is 16.3. The summed E-state index contributed by atoms with van der Waals surface area (Å²) in [7, 11) is 1.65. The number of aryl methyl sites for hydroxylation is 2. The Labute approximate surface area is 162 Å². The van der Waals surface area contributed by atoms with Crippen molar-refractivity contribution in [3.8, 4) is 10.9 Å². The second kappa shape index (κ2) is 7.56. The van der Waals surface area contributed by atoms with Gasteiger partial charge in [-0.3, -0.25) is 4.79 Å². The predicted molar refractivity (Wildman–Crippen MR) is 107 cm³/mol. The van der Waals surface area contributed by atoms with Gasteiger partial charge in [-0.15, -0.1) is 0 Å². The topological polar surface area (TPSA) is 51.7 Å². The van der Waals surface area contributed by atoms with Crippen LogP contribution < -0.4 is 9.47 Å². The SMILES string of the molecule is COc1ccc(CCC(=O)N2CC(Oc3nc4c(C)cccc4s3)C2)cc1. The molecule has 0 aliphatic carbocycles. The molecule has 0 radical (unpaired) electrons. The van der Waals surface area contributed by atoms with E-state index in [1.54, 1.807) is 18.4 Å². The van der Waals surface area contributed by atoms with Crippen LogP contribution in [0.1, 0.15) is 17.5 Å². The van der Waals surface area contributed by atoms with Crippen LogP contribution in [0.3, 0.4) is 0 Å². The molecule has 1 aromatic heterocycles. The molecule has 0 saturated carbocycles. The number of aromatic nitrogens is 1. The van der Waals surface area contributed by atoms with Crippen molar-refractivity contribution in [1.29, 1.82) is 0 Å². The molecule has 0 N–H and O–H groups in total. The van der Waals surface area contributed by atoms with E-state index in [-0.39, 0.29) is 12.0 Å². The van der Waals surface area contributed by atoms with E-state index in [0.29, 0.717) is 24.7 Å². The molecule has 1 aliphatic heterocycles. The summed E-state index contributed by atoms with van der Waals surface area (Å²) in [4.78, 5) is 18.8. The molecule has 0 unspecified atom stereocenters. The zero-order chi connectivity index (χ0) is 18.8. The first-order chi connectivity index (χ1) is 13.1. The lowest BCUT2D eigenvalue weighted by Gasteiger charge is -2.38. The Hall–Kier alpha value is -2.60. The molecule has 2 heterocycles. The van der Waals surface area contributed by atoms with Crippen LogP contribution in [0.5, 0.6) is 10.9 Å². The van der Waals surface area contributed by atoms with Gasteiger partial charge in [0.15, 0.2) is 0 Å². The van der Waals surface area contributed by atoms with Gasteiger partial charge in [-0.25, -0.2) is 4.98 Å². The summed E-state index contributed by atoms with van der Waals surface area (Å²) in [5, 5.41) is 0.689. The maximum atomic E-state index is 12.3. The highest BCUT2D eigenvalue weighted by Gasteiger charge is 2.32. The second-order valence-electron chi connectivity index (χ2n) is 6.79. The quantitative estimate of drug-likeness (QED) is 0.650. The normalized spacial score (nSPS) is 14.2. The minimum atomic E-state index is 0.0378. The summed E-state index contributed by atoms with van der Waals surface area (Å²) in [5.41, 5.74) is 3.30. The molecule has 1 fully saturated rings. The molecule has 27 heavy (non-hydrogen) atoms. The van der Waals surface area contributed by atoms with Gasteiger partial charge in [0.1, 0.15) is 11.9 Å². The number of hydrogen-bond donors (Lipinski definition) is 0. The lowest BCUT2D eigenvalue weighted by atomic mass is 10.1. The smallest absolute Gasteiger partial charge is 0.274 e. The largest absolute Gasteiger partial charge is 0.497 e. The van der Waals surface area contributed by atoms with Crippen molar-refractivity contribution in [3.63, 3.8) is 0 Å². The van der Waals surface area contributed by atoms with Gasteiger partial charge in [-0.2, -0.15) is 0 Å². The van der Waals surface area contributed by atoms with Gasteiger partial charge in [0.2, 0.25) is 5.91 Å². The van der Waals surface area contributed by atoms with Crippen LogP contribution in [0.4, 0.5) is 0 Å². The molecule has 5 nitrogen and oxygen atoms in total. The van der Waals surface area contributed by atoms with E-state index >= 15 is 0 Å². The number of likely N-dealkylation sites (tertiary alicyclic amines) is 1. The first-order valence-corrected chi connectivity index (χ1v) is 9.87. The zero-order valence-electron chi connectivity index (χ0n) is 15.5. The summed E-state index contributed by atoms with van der Waals surface area (Å²) in [6, 6.07) is 14.0. The monoisotopic (exact) mass is 382 g/mol. The lowest BCUT2D eigenvalue weighted by Crippen LogP contribution is -2.56. The van der Waals surface area contributed by atoms with Crippen molar-refractivity contribution in [1.82, 2.24) is 9.88 Å². The number of carbonyl (C=O) groups is 1. The van der Waals surface area contributed by atoms with E-state index < -0.39 is 0 Å². The van der Waals surface area contributed by atoms with Crippen molar-refractivity contribution < 1.29 is 14.3 Å². The molecular weight excluding hydrogens is 360 g/mol. The van der Waals surface area contributed by atoms with E-state index in [1.807, 2.05) is 35.2 Å². The Morgan fingerprint density at radius 3 is 2.70 bits per heavy atom. The standard InChI is InChI=1S/C21H22N2O3S/c1-14-4-3-5-18-20(14)22-21(27-18)26-17-12-23(13-17)19(24)11-8-15-6-9-16(25-2)10-7-15/h3-7,9-10,17H,8,11-13H2,1-2H3. The number of para-hydroxylation sites is 1. The molecular formula is C21H22N2O3S. The number of rotatable bonds is 6. The van der Waals surface area contributed by atoms with E-state index in [0.717, 1.165) is 33.5 Å². The molecule has 140 valence electrons. The number of nitrogens with zero attached hydrogens (tertiary/aromatic N) is 2. The van der Waals surface area contributed by atoms with Gasteiger partial charge < -0.3 is 14.4 Å². The van der Waals surface area contributed by atoms with Gasteiger partial charge in [-0.1, -0.05) is 35.6 Å². The summed E-state index contributed by atoms with van der Waals surface area (Å²) < 4.78 is 12.2. The first-order valence-electron chi connectivity index (χ1n) is 9.06. The van der Waals surface area contributed by atoms with Crippen LogP contribution in [0.2, 0.25) is 0 Å². The summed E-state index contributed by atoms with van der Waals surface area (Å²) in [5.74, 6) is 1.00. The maximum Gasteiger partial charge on any atom is 0.274 e. The number of amides is 1. The minimum Gasteiger partial charge on any atom is -0.497 e. The Bertz CT molecular complexity index is 946. The molecule has 0 spiro atoms. The highest BCUT2D eigenvalue weighted by Crippen LogP contribution is 2.31. The predicted octanol–water partition coefficient (Wildman–Crippen LogP) is 3.84. The van der Waals surface area contributed by atoms with Gasteiger partial charge >= 0.3 is 0 Å². The molecule has 1 saturated heterocycles. The Balaban J connectivity index is 1.25. The average molecular weight is 382 g/mol. The summed E-state index contributed by atoms with van der Waals surface area (Å²) in [6.07, 6.45) is 1.29. The van der Waals surface area contributed by atoms with Crippen LogP contribution in [0.15, 0.2) is 42.5 Å². The van der Waals surface area contributed by atoms with Crippen LogP contribution in [0, 0.1) is 6.92 Å². The van der Waals surface area contributed by atoms with Crippen molar-refractivity contribution in [2.75, 3.05) is 20.2 Å². The third-order valence-electron chi connectivity index (χ3n) is 4.86. The Kier molecular flexibility index (Phi) is 4.99. The Morgan fingerprint density at radius 2 is 2.00 bits per heavy atom. The van der Waals surface area contributed by atoms with Crippen LogP contribution in [-0.2, 0) is 11.2 Å². The van der Waals surface area contributed by atoms with Crippen LogP contribution >= 0.6 is 11.3 Å². The fourth-order valence-electron chi connectivity index (χ4n) is 3.18. The van der Waals surface area contributed by atoms with Gasteiger partial charge in [0, 0.05) is 6.42 Å². The Morgan fingerprint density at radius 1 is 1.22 bits per heavy atom. The van der Waals surface area contributed by atoms with E-state index in [1.165, 1.54) is 0 Å². The van der Waals surface area contributed by atoms with E-state index in [9.17, 15) is 4.79 Å². The van der Waals surface area contributed by atoms with E-state index in [2.05, 4.69) is 24.0 Å². The van der Waals surface area contributed by atoms with Crippen molar-refractivity contribution in [2.24, 2.45) is 0 Å². The molecule has 1 amide bonds. The highest BCUT2D eigenvalue weighted by molar-refractivity contribution is 7.20. The van der Waals surface area contributed by atoms with Crippen molar-refractivity contribution in [2.45, 2.75) is 25.9 Å². The summed E-state index contributed by atoms with van der Waals surface area (Å²) in [6.45, 7) is 3.32. The molecule has 4 rings (SSSR count). The van der Waals surface area contributed by atoms with Gasteiger partial charge in [0.05, 0.1) is 30.4 Å². The van der Waals surface area contributed by atoms with E-state index in [4.69, 9.17) is 9.47 Å². The van der Waals surface area contributed by atoms with Crippen molar-refractivity contribution in [3.05, 3.63) is 53.6 Å². The fourth-order valence-corrected chi connectivity index (χ4v) is 4.14. The molecule has 0 bridgehead atoms. The third kappa shape index (κ3) is 3.90. The van der Waals surface area contributed by atoms with Crippen LogP contribution in [0.25, 0.3) is 10.2 Å². The number of fused-ring (bicyclic) bond motifs is 1. The molecule has 6 heteroatoms. The number of benzene rings is 2. The fraction of sp³-hybridized carbons (Fsp3) is 0.333. The average Bonchev–Trinajstić information content (AvgIpc) is 3.07. The number of ether oxygens (including phenoxy) is 2. The lowest BCUT2D eigenvalue weighted by molar-refractivity contribution is -0.139. The number of methoxy groups -OCH3 is 1. The highest BCUT2D eigenvalue weighted by atomic mass is 32.1. The maximum absolute atomic E-state index is 12.3. The number of thiazole rings is 1. The van der Waals surface area contributed by atoms with Crippen molar-refractivity contribution >= 4 is 27.5 Å². The van der Waals surface area contributed by atoms with Gasteiger partial charge in [-0.05, 0) is 42.7 Å². The molecule has 3 aromatic rings. The minimum absolute atomic E-state index is 0.0378. The molecule has 1 aliphatic rings. The molecule has 2 aromatic carbocycles. The van der Waals surface area contributed by atoms with Crippen LogP contribution in [-0.4, -0.2) is 42.1 Å². The number of carbonyl (C=O) groups excluding carboxylic acids is 1. The number of hydrogen-bond acceptors (Lipinski definition) is 5. The third-order valence-corrected chi connectivity index (χ3v) is 5.77. The summed E-state index contributed by atoms with van der Waals surface area (Å²) >= 11 is 1.56. The first kappa shape index (κ1) is 17.8. The van der Waals surface area contributed by atoms with Gasteiger partial charge in [0.25, 0.3) is 5.19 Å². The molecule has 0 atom stereocenters.